The van der Waals surface area contributed by atoms with Crippen molar-refractivity contribution in [1.29, 1.82) is 0 Å². The van der Waals surface area contributed by atoms with Gasteiger partial charge in [0.1, 0.15) is 0 Å². The van der Waals surface area contributed by atoms with E-state index in [-0.39, 0.29) is 30.3 Å². The lowest BCUT2D eigenvalue weighted by atomic mass is 10.1. The highest BCUT2D eigenvalue weighted by molar-refractivity contribution is 5.94. The first-order chi connectivity index (χ1) is 10.3. The van der Waals surface area contributed by atoms with Crippen LogP contribution in [0.15, 0.2) is 30.3 Å². The summed E-state index contributed by atoms with van der Waals surface area (Å²) in [6.07, 6.45) is 2.00. The fraction of sp³-hybridized carbons (Fsp3) is 0.500. The summed E-state index contributed by atoms with van der Waals surface area (Å²) in [5.74, 6) is 0.251. The second kappa shape index (κ2) is 7.61. The van der Waals surface area contributed by atoms with Crippen LogP contribution in [0.3, 0.4) is 0 Å². The van der Waals surface area contributed by atoms with Crippen molar-refractivity contribution in [2.45, 2.75) is 18.9 Å². The van der Waals surface area contributed by atoms with Crippen LogP contribution in [0, 0.1) is 0 Å². The van der Waals surface area contributed by atoms with E-state index in [2.05, 4.69) is 5.32 Å². The van der Waals surface area contributed by atoms with Gasteiger partial charge in [-0.05, 0) is 31.5 Å². The molecule has 3 rings (SSSR count). The van der Waals surface area contributed by atoms with Crippen molar-refractivity contribution in [2.24, 2.45) is 0 Å². The first-order valence-corrected chi connectivity index (χ1v) is 7.62. The maximum absolute atomic E-state index is 12.3. The normalized spacial score (nSPS) is 21.4. The molecule has 0 bridgehead atoms. The van der Waals surface area contributed by atoms with Gasteiger partial charge in [-0.2, -0.15) is 0 Å². The molecule has 1 atom stereocenters. The Morgan fingerprint density at radius 1 is 1.00 bits per heavy atom. The topological polar surface area (TPSA) is 52.7 Å². The largest absolute Gasteiger partial charge is 0.338 e. The Hall–Kier alpha value is -1.59. The fourth-order valence-corrected chi connectivity index (χ4v) is 3.01. The third kappa shape index (κ3) is 3.59. The molecule has 0 unspecified atom stereocenters. The second-order valence-corrected chi connectivity index (χ2v) is 5.63. The van der Waals surface area contributed by atoms with E-state index in [0.717, 1.165) is 24.9 Å². The van der Waals surface area contributed by atoms with E-state index in [1.165, 1.54) is 0 Å². The molecule has 2 amide bonds. The quantitative estimate of drug-likeness (QED) is 0.888. The number of nitrogens with one attached hydrogen (secondary N) is 1. The number of carbonyl (C=O) groups excluding carboxylic acids is 2. The average molecular weight is 324 g/mol. The van der Waals surface area contributed by atoms with Crippen LogP contribution in [-0.4, -0.2) is 60.4 Å². The van der Waals surface area contributed by atoms with Crippen LogP contribution in [0.2, 0.25) is 0 Å². The Balaban J connectivity index is 0.00000176. The molecule has 5 nitrogen and oxygen atoms in total. The summed E-state index contributed by atoms with van der Waals surface area (Å²) in [4.78, 5) is 28.4. The van der Waals surface area contributed by atoms with Crippen molar-refractivity contribution < 1.29 is 9.59 Å². The predicted octanol–water partition coefficient (Wildman–Crippen LogP) is 1.14. The number of carbonyl (C=O) groups is 2. The van der Waals surface area contributed by atoms with E-state index in [0.29, 0.717) is 26.2 Å². The third-order valence-corrected chi connectivity index (χ3v) is 4.26. The minimum Gasteiger partial charge on any atom is -0.338 e. The highest BCUT2D eigenvalue weighted by Gasteiger charge is 2.30. The molecule has 22 heavy (non-hydrogen) atoms. The fourth-order valence-electron chi connectivity index (χ4n) is 3.01. The minimum atomic E-state index is -0.0126. The Morgan fingerprint density at radius 3 is 2.23 bits per heavy atom. The molecule has 1 aromatic rings. The summed E-state index contributed by atoms with van der Waals surface area (Å²) >= 11 is 0. The molecule has 1 N–H and O–H groups in total. The Labute approximate surface area is 137 Å². The van der Waals surface area contributed by atoms with E-state index < -0.39 is 0 Å². The van der Waals surface area contributed by atoms with Crippen LogP contribution in [0.5, 0.6) is 0 Å². The van der Waals surface area contributed by atoms with Crippen LogP contribution in [0.25, 0.3) is 0 Å². The van der Waals surface area contributed by atoms with Crippen LogP contribution in [0.1, 0.15) is 23.2 Å². The second-order valence-electron chi connectivity index (χ2n) is 5.63. The van der Waals surface area contributed by atoms with E-state index in [9.17, 15) is 9.59 Å². The lowest BCUT2D eigenvalue weighted by molar-refractivity contribution is -0.134. The van der Waals surface area contributed by atoms with Crippen molar-refractivity contribution >= 4 is 24.2 Å². The van der Waals surface area contributed by atoms with E-state index in [1.807, 2.05) is 40.1 Å². The van der Waals surface area contributed by atoms with Gasteiger partial charge in [0.25, 0.3) is 5.91 Å². The number of amides is 2. The van der Waals surface area contributed by atoms with Crippen LogP contribution < -0.4 is 5.32 Å². The van der Waals surface area contributed by atoms with Gasteiger partial charge in [0.05, 0.1) is 6.04 Å². The maximum Gasteiger partial charge on any atom is 0.253 e. The number of piperazine rings is 1. The SMILES string of the molecule is Cl.O=C(c1ccccc1)N1CCN(C(=O)[C@@H]2CCCN2)CC1. The van der Waals surface area contributed by atoms with E-state index in [4.69, 9.17) is 0 Å². The van der Waals surface area contributed by atoms with Gasteiger partial charge in [-0.25, -0.2) is 0 Å². The standard InChI is InChI=1S/C16H21N3O2.ClH/c20-15(13-5-2-1-3-6-13)18-9-11-19(12-10-18)16(21)14-7-4-8-17-14;/h1-3,5-6,14,17H,4,7-12H2;1H/t14-;/m0./s1. The summed E-state index contributed by atoms with van der Waals surface area (Å²) in [5.41, 5.74) is 0.717. The molecule has 6 heteroatoms. The summed E-state index contributed by atoms with van der Waals surface area (Å²) < 4.78 is 0. The highest BCUT2D eigenvalue weighted by Crippen LogP contribution is 2.13. The molecule has 0 aliphatic carbocycles. The summed E-state index contributed by atoms with van der Waals surface area (Å²) in [5, 5.41) is 3.24. The van der Waals surface area contributed by atoms with Gasteiger partial charge in [-0.15, -0.1) is 12.4 Å². The van der Waals surface area contributed by atoms with Gasteiger partial charge in [0.15, 0.2) is 0 Å². The van der Waals surface area contributed by atoms with Crippen molar-refractivity contribution in [3.8, 4) is 0 Å². The zero-order valence-electron chi connectivity index (χ0n) is 12.5. The molecular formula is C16H22ClN3O2. The van der Waals surface area contributed by atoms with E-state index >= 15 is 0 Å². The van der Waals surface area contributed by atoms with Gasteiger partial charge >= 0.3 is 0 Å². The zero-order chi connectivity index (χ0) is 14.7. The molecule has 2 heterocycles. The highest BCUT2D eigenvalue weighted by atomic mass is 35.5. The van der Waals surface area contributed by atoms with Crippen LogP contribution in [0.4, 0.5) is 0 Å². The van der Waals surface area contributed by atoms with Crippen molar-refractivity contribution in [1.82, 2.24) is 15.1 Å². The van der Waals surface area contributed by atoms with Crippen molar-refractivity contribution in [3.05, 3.63) is 35.9 Å². The molecule has 0 spiro atoms. The number of rotatable bonds is 2. The lowest BCUT2D eigenvalue weighted by Gasteiger charge is -2.36. The first-order valence-electron chi connectivity index (χ1n) is 7.62. The molecule has 0 aromatic heterocycles. The Bertz CT molecular complexity index is 509. The van der Waals surface area contributed by atoms with Crippen LogP contribution in [-0.2, 0) is 4.79 Å². The van der Waals surface area contributed by atoms with E-state index in [1.54, 1.807) is 0 Å². The number of hydrogen-bond acceptors (Lipinski definition) is 3. The van der Waals surface area contributed by atoms with Gasteiger partial charge in [0.2, 0.25) is 5.91 Å². The number of benzene rings is 1. The minimum absolute atomic E-state index is 0. The third-order valence-electron chi connectivity index (χ3n) is 4.26. The maximum atomic E-state index is 12.3. The molecule has 2 aliphatic heterocycles. The molecule has 2 saturated heterocycles. The molecule has 1 aromatic carbocycles. The molecule has 120 valence electrons. The molecule has 0 radical (unpaired) electrons. The number of halogens is 1. The van der Waals surface area contributed by atoms with Crippen molar-refractivity contribution in [3.63, 3.8) is 0 Å². The van der Waals surface area contributed by atoms with Crippen molar-refractivity contribution in [2.75, 3.05) is 32.7 Å². The Morgan fingerprint density at radius 2 is 1.64 bits per heavy atom. The molecule has 0 saturated carbocycles. The summed E-state index contributed by atoms with van der Waals surface area (Å²) in [7, 11) is 0. The monoisotopic (exact) mass is 323 g/mol. The smallest absolute Gasteiger partial charge is 0.253 e. The van der Waals surface area contributed by atoms with Gasteiger partial charge < -0.3 is 15.1 Å². The molecule has 2 fully saturated rings. The summed E-state index contributed by atoms with van der Waals surface area (Å²) in [6, 6.07) is 9.31. The Kier molecular flexibility index (Phi) is 5.80. The first kappa shape index (κ1) is 16.8. The van der Waals surface area contributed by atoms with Crippen LogP contribution >= 0.6 is 12.4 Å². The van der Waals surface area contributed by atoms with Gasteiger partial charge in [0, 0.05) is 31.7 Å². The number of hydrogen-bond donors (Lipinski definition) is 1. The molecular weight excluding hydrogens is 302 g/mol. The lowest BCUT2D eigenvalue weighted by Crippen LogP contribution is -2.54. The zero-order valence-corrected chi connectivity index (χ0v) is 13.3. The van der Waals surface area contributed by atoms with Gasteiger partial charge in [-0.1, -0.05) is 18.2 Å². The molecule has 2 aliphatic rings. The average Bonchev–Trinajstić information content (AvgIpc) is 3.09. The van der Waals surface area contributed by atoms with Gasteiger partial charge in [-0.3, -0.25) is 9.59 Å². The summed E-state index contributed by atoms with van der Waals surface area (Å²) in [6.45, 7) is 3.44. The number of nitrogens with zero attached hydrogens (tertiary/aromatic N) is 2. The predicted molar refractivity (Wildman–Crippen MR) is 87.2 cm³/mol.